The van der Waals surface area contributed by atoms with E-state index >= 15 is 0 Å². The van der Waals surface area contributed by atoms with Crippen LogP contribution >= 0.6 is 0 Å². The lowest BCUT2D eigenvalue weighted by Gasteiger charge is -2.33. The molecule has 0 aliphatic carbocycles. The molecule has 1 saturated heterocycles. The first-order valence-corrected chi connectivity index (χ1v) is 9.30. The first-order chi connectivity index (χ1) is 14.4. The Labute approximate surface area is 171 Å². The second-order valence-corrected chi connectivity index (χ2v) is 6.89. The number of hydrogen-bond donors (Lipinski definition) is 3. The Balaban J connectivity index is 0.00000124. The number of aliphatic imine (C=N–C) groups is 1. The van der Waals surface area contributed by atoms with E-state index in [4.69, 9.17) is 4.79 Å². The fourth-order valence-electron chi connectivity index (χ4n) is 3.48. The van der Waals surface area contributed by atoms with E-state index in [9.17, 15) is 18.7 Å². The molecule has 0 unspecified atom stereocenters. The van der Waals surface area contributed by atoms with Crippen molar-refractivity contribution >= 4 is 24.2 Å². The molecule has 0 radical (unpaired) electrons. The third-order valence-corrected chi connectivity index (χ3v) is 4.82. The number of aliphatic hydroxyl groups excluding tert-OH is 1. The van der Waals surface area contributed by atoms with Crippen molar-refractivity contribution in [3.63, 3.8) is 0 Å². The summed E-state index contributed by atoms with van der Waals surface area (Å²) in [5.41, 5.74) is 2.86. The number of hydrazine groups is 1. The average Bonchev–Trinajstić information content (AvgIpc) is 3.32. The van der Waals surface area contributed by atoms with Crippen molar-refractivity contribution in [2.24, 2.45) is 12.0 Å². The maximum absolute atomic E-state index is 13.1. The van der Waals surface area contributed by atoms with Crippen molar-refractivity contribution in [1.29, 1.82) is 0 Å². The number of amidine groups is 1. The smallest absolute Gasteiger partial charge is 0.284 e. The number of rotatable bonds is 3. The van der Waals surface area contributed by atoms with Gasteiger partial charge in [-0.15, -0.1) is 0 Å². The number of aromatic nitrogens is 2. The van der Waals surface area contributed by atoms with E-state index in [1.54, 1.807) is 11.2 Å². The number of β-amino-alcohol motifs (C(OH)–C–C–N with tert-alkyl or cyclic N) is 1. The third-order valence-electron chi connectivity index (χ3n) is 4.82. The fraction of sp³-hybridized carbons (Fsp3) is 0.444. The lowest BCUT2D eigenvalue weighted by Crippen LogP contribution is -2.43. The van der Waals surface area contributed by atoms with Crippen LogP contribution in [0, 0.1) is 0 Å². The van der Waals surface area contributed by atoms with Crippen molar-refractivity contribution in [3.05, 3.63) is 35.6 Å². The SMILES string of the molecule is C=O.Cn1cc(NC(=O)C2=C3N=C(N4CCC[C@@H](O)C4)C=CN3NC2)c(C(F)F)n1. The second kappa shape index (κ2) is 9.13. The first-order valence-electron chi connectivity index (χ1n) is 9.30. The van der Waals surface area contributed by atoms with E-state index in [-0.39, 0.29) is 12.2 Å². The van der Waals surface area contributed by atoms with Crippen LogP contribution in [-0.2, 0) is 16.6 Å². The fourth-order valence-corrected chi connectivity index (χ4v) is 3.48. The summed E-state index contributed by atoms with van der Waals surface area (Å²) < 4.78 is 27.5. The number of anilines is 1. The van der Waals surface area contributed by atoms with Gasteiger partial charge in [-0.25, -0.2) is 19.2 Å². The molecule has 0 aromatic carbocycles. The van der Waals surface area contributed by atoms with Gasteiger partial charge >= 0.3 is 0 Å². The number of aliphatic hydroxyl groups is 1. The molecule has 3 aliphatic heterocycles. The molecule has 1 aromatic rings. The van der Waals surface area contributed by atoms with Gasteiger partial charge in [-0.1, -0.05) is 0 Å². The highest BCUT2D eigenvalue weighted by Gasteiger charge is 2.31. The zero-order valence-electron chi connectivity index (χ0n) is 16.4. The molecule has 3 N–H and O–H groups in total. The standard InChI is InChI=1S/C17H21F2N7O2.CH2O/c1-24-9-12(14(23-24)15(18)19)21-17(28)11-7-20-26-6-4-13(22-16(11)26)25-5-2-3-10(27)8-25;1-2/h4,6,9-10,15,20,27H,2-3,5,7-8H2,1H3,(H,21,28);1H2/t10-;/m1./s1. The van der Waals surface area contributed by atoms with Gasteiger partial charge in [0, 0.05) is 39.1 Å². The molecule has 3 aliphatic rings. The van der Waals surface area contributed by atoms with Crippen LogP contribution < -0.4 is 10.7 Å². The van der Waals surface area contributed by atoms with Crippen LogP contribution in [0.15, 0.2) is 34.9 Å². The summed E-state index contributed by atoms with van der Waals surface area (Å²) in [6, 6.07) is 0. The minimum atomic E-state index is -2.79. The number of amides is 1. The van der Waals surface area contributed by atoms with Crippen LogP contribution in [0.3, 0.4) is 0 Å². The molecule has 1 aromatic heterocycles. The molecular formula is C18H23F2N7O3. The van der Waals surface area contributed by atoms with E-state index < -0.39 is 24.1 Å². The Morgan fingerprint density at radius 3 is 2.90 bits per heavy atom. The predicted molar refractivity (Wildman–Crippen MR) is 104 cm³/mol. The largest absolute Gasteiger partial charge is 0.391 e. The molecule has 4 rings (SSSR count). The summed E-state index contributed by atoms with van der Waals surface area (Å²) in [5, 5.41) is 17.7. The van der Waals surface area contributed by atoms with Gasteiger partial charge in [-0.3, -0.25) is 14.5 Å². The van der Waals surface area contributed by atoms with Gasteiger partial charge in [-0.2, -0.15) is 5.10 Å². The highest BCUT2D eigenvalue weighted by molar-refractivity contribution is 6.06. The lowest BCUT2D eigenvalue weighted by atomic mass is 10.1. The van der Waals surface area contributed by atoms with Crippen molar-refractivity contribution in [1.82, 2.24) is 25.1 Å². The monoisotopic (exact) mass is 423 g/mol. The zero-order valence-corrected chi connectivity index (χ0v) is 16.4. The number of likely N-dealkylation sites (tertiary alicyclic amines) is 1. The second-order valence-electron chi connectivity index (χ2n) is 6.89. The molecule has 10 nitrogen and oxygen atoms in total. The van der Waals surface area contributed by atoms with Gasteiger partial charge in [0.05, 0.1) is 17.4 Å². The van der Waals surface area contributed by atoms with Crippen molar-refractivity contribution in [3.8, 4) is 0 Å². The minimum absolute atomic E-state index is 0.0243. The summed E-state index contributed by atoms with van der Waals surface area (Å²) in [6.45, 7) is 3.48. The zero-order chi connectivity index (χ0) is 21.8. The molecule has 1 fully saturated rings. The number of fused-ring (bicyclic) bond motifs is 1. The van der Waals surface area contributed by atoms with Crippen molar-refractivity contribution in [2.45, 2.75) is 25.4 Å². The van der Waals surface area contributed by atoms with Crippen molar-refractivity contribution < 1.29 is 23.5 Å². The van der Waals surface area contributed by atoms with Crippen LogP contribution in [0.4, 0.5) is 14.5 Å². The number of nitrogens with one attached hydrogen (secondary N) is 2. The van der Waals surface area contributed by atoms with Crippen molar-refractivity contribution in [2.75, 3.05) is 25.0 Å². The van der Waals surface area contributed by atoms with Crippen LogP contribution in [-0.4, -0.2) is 69.1 Å². The number of aryl methyl sites for hydroxylation is 1. The topological polar surface area (TPSA) is 115 Å². The van der Waals surface area contributed by atoms with E-state index in [1.807, 2.05) is 17.8 Å². The van der Waals surface area contributed by atoms with E-state index in [0.717, 1.165) is 19.4 Å². The summed E-state index contributed by atoms with van der Waals surface area (Å²) >= 11 is 0. The molecule has 0 saturated carbocycles. The maximum Gasteiger partial charge on any atom is 0.284 e. The molecule has 1 amide bonds. The number of carbonyl (C=O) groups excluding carboxylic acids is 2. The van der Waals surface area contributed by atoms with Gasteiger partial charge in [0.25, 0.3) is 12.3 Å². The molecule has 162 valence electrons. The summed E-state index contributed by atoms with van der Waals surface area (Å²) in [7, 11) is 1.51. The molecular weight excluding hydrogens is 400 g/mol. The van der Waals surface area contributed by atoms with Crippen LogP contribution in [0.25, 0.3) is 0 Å². The number of hydrogen-bond acceptors (Lipinski definition) is 8. The van der Waals surface area contributed by atoms with E-state index in [1.165, 1.54) is 17.9 Å². The van der Waals surface area contributed by atoms with Crippen LogP contribution in [0.1, 0.15) is 25.0 Å². The van der Waals surface area contributed by atoms with Gasteiger partial charge in [0.1, 0.15) is 12.6 Å². The Hall–Kier alpha value is -3.12. The highest BCUT2D eigenvalue weighted by Crippen LogP contribution is 2.27. The summed E-state index contributed by atoms with van der Waals surface area (Å²) in [5.74, 6) is 0.558. The Morgan fingerprint density at radius 1 is 1.43 bits per heavy atom. The highest BCUT2D eigenvalue weighted by atomic mass is 19.3. The maximum atomic E-state index is 13.1. The molecule has 0 spiro atoms. The first kappa shape index (κ1) is 21.6. The number of halogens is 2. The minimum Gasteiger partial charge on any atom is -0.391 e. The number of piperidine rings is 1. The molecule has 12 heteroatoms. The Morgan fingerprint density at radius 2 is 2.20 bits per heavy atom. The molecule has 0 bridgehead atoms. The van der Waals surface area contributed by atoms with E-state index in [0.29, 0.717) is 23.8 Å². The van der Waals surface area contributed by atoms with Gasteiger partial charge in [0.2, 0.25) is 0 Å². The van der Waals surface area contributed by atoms with Gasteiger partial charge in [-0.05, 0) is 18.9 Å². The number of nitrogens with zero attached hydrogens (tertiary/aromatic N) is 5. The molecule has 4 heterocycles. The van der Waals surface area contributed by atoms with E-state index in [2.05, 4.69) is 20.8 Å². The predicted octanol–water partition coefficient (Wildman–Crippen LogP) is 0.526. The lowest BCUT2D eigenvalue weighted by molar-refractivity contribution is -0.112. The third kappa shape index (κ3) is 4.39. The Kier molecular flexibility index (Phi) is 6.57. The average molecular weight is 423 g/mol. The molecule has 1 atom stereocenters. The normalized spacial score (nSPS) is 20.7. The number of alkyl halides is 2. The Bertz CT molecular complexity index is 896. The summed E-state index contributed by atoms with van der Waals surface area (Å²) in [4.78, 5) is 27.3. The van der Waals surface area contributed by atoms with Gasteiger partial charge in [0.15, 0.2) is 11.5 Å². The quantitative estimate of drug-likeness (QED) is 0.650. The van der Waals surface area contributed by atoms with Crippen LogP contribution in [0.5, 0.6) is 0 Å². The van der Waals surface area contributed by atoms with Crippen LogP contribution in [0.2, 0.25) is 0 Å². The van der Waals surface area contributed by atoms with Gasteiger partial charge < -0.3 is 20.1 Å². The summed E-state index contributed by atoms with van der Waals surface area (Å²) in [6.07, 6.45) is 3.34. The number of carbonyl (C=O) groups is 2. The molecule has 30 heavy (non-hydrogen) atoms.